The number of carbonyl (C=O) groups is 1. The van der Waals surface area contributed by atoms with E-state index in [4.69, 9.17) is 5.11 Å². The summed E-state index contributed by atoms with van der Waals surface area (Å²) < 4.78 is 0. The van der Waals surface area contributed by atoms with Crippen molar-refractivity contribution >= 4 is 5.91 Å². The molecule has 1 aromatic rings. The van der Waals surface area contributed by atoms with Crippen molar-refractivity contribution in [2.45, 2.75) is 13.3 Å². The topological polar surface area (TPSA) is 56.7 Å². The van der Waals surface area contributed by atoms with Crippen molar-refractivity contribution in [3.05, 3.63) is 29.6 Å². The maximum Gasteiger partial charge on any atom is 0.255 e. The average Bonchev–Trinajstić information content (AvgIpc) is 2.49. The van der Waals surface area contributed by atoms with Gasteiger partial charge in [-0.1, -0.05) is 11.8 Å². The lowest BCUT2D eigenvalue weighted by Crippen LogP contribution is -2.33. The molecule has 5 heteroatoms. The minimum Gasteiger partial charge on any atom is -0.384 e. The molecule has 1 rings (SSSR count). The Kier molecular flexibility index (Phi) is 7.44. The zero-order valence-electron chi connectivity index (χ0n) is 13.0. The van der Waals surface area contributed by atoms with Gasteiger partial charge in [0.2, 0.25) is 0 Å². The first-order valence-corrected chi connectivity index (χ1v) is 7.07. The van der Waals surface area contributed by atoms with E-state index in [0.29, 0.717) is 17.7 Å². The molecule has 0 saturated carbocycles. The second-order valence-electron chi connectivity index (χ2n) is 4.96. The van der Waals surface area contributed by atoms with E-state index >= 15 is 0 Å². The van der Waals surface area contributed by atoms with E-state index in [2.05, 4.69) is 21.7 Å². The Morgan fingerprint density at radius 3 is 2.71 bits per heavy atom. The van der Waals surface area contributed by atoms with Gasteiger partial charge in [-0.05, 0) is 40.1 Å². The fourth-order valence-corrected chi connectivity index (χ4v) is 1.93. The van der Waals surface area contributed by atoms with Crippen molar-refractivity contribution < 1.29 is 9.90 Å². The van der Waals surface area contributed by atoms with Gasteiger partial charge in [0, 0.05) is 31.0 Å². The van der Waals surface area contributed by atoms with Crippen molar-refractivity contribution in [2.24, 2.45) is 0 Å². The Labute approximate surface area is 126 Å². The van der Waals surface area contributed by atoms with Gasteiger partial charge in [-0.15, -0.1) is 0 Å². The summed E-state index contributed by atoms with van der Waals surface area (Å²) in [6, 6.07) is 1.71. The van der Waals surface area contributed by atoms with Crippen molar-refractivity contribution in [2.75, 3.05) is 40.3 Å². The second-order valence-corrected chi connectivity index (χ2v) is 4.96. The fraction of sp³-hybridized carbons (Fsp3) is 0.500. The van der Waals surface area contributed by atoms with Crippen LogP contribution in [0.5, 0.6) is 0 Å². The Hall–Kier alpha value is -1.90. The summed E-state index contributed by atoms with van der Waals surface area (Å²) in [4.78, 5) is 20.4. The van der Waals surface area contributed by atoms with Gasteiger partial charge in [0.25, 0.3) is 5.91 Å². The van der Waals surface area contributed by atoms with Gasteiger partial charge in [0.15, 0.2) is 0 Å². The molecular formula is C16H23N3O2. The minimum atomic E-state index is -0.205. The van der Waals surface area contributed by atoms with Crippen LogP contribution in [0.1, 0.15) is 29.3 Å². The number of hydrogen-bond donors (Lipinski definition) is 1. The van der Waals surface area contributed by atoms with Crippen LogP contribution in [0.3, 0.4) is 0 Å². The highest BCUT2D eigenvalue weighted by atomic mass is 16.2. The molecule has 0 saturated heterocycles. The monoisotopic (exact) mass is 289 g/mol. The highest BCUT2D eigenvalue weighted by Crippen LogP contribution is 2.07. The van der Waals surface area contributed by atoms with Gasteiger partial charge < -0.3 is 14.9 Å². The van der Waals surface area contributed by atoms with E-state index in [9.17, 15) is 4.79 Å². The number of nitrogens with zero attached hydrogens (tertiary/aromatic N) is 3. The Balaban J connectivity index is 2.75. The first kappa shape index (κ1) is 17.2. The maximum absolute atomic E-state index is 12.5. The maximum atomic E-state index is 12.5. The summed E-state index contributed by atoms with van der Waals surface area (Å²) in [6.45, 7) is 4.10. The van der Waals surface area contributed by atoms with E-state index in [-0.39, 0.29) is 12.5 Å². The standard InChI is InChI=1S/C16H23N3O2/c1-4-19(9-6-8-18(2)3)16(21)15-11-14(7-5-10-20)12-17-13-15/h11-13,20H,4,6,8-10H2,1-3H3. The van der Waals surface area contributed by atoms with E-state index in [0.717, 1.165) is 19.5 Å². The first-order chi connectivity index (χ1) is 10.1. The van der Waals surface area contributed by atoms with Crippen LogP contribution in [0.4, 0.5) is 0 Å². The minimum absolute atomic E-state index is 0.0311. The molecule has 0 aliphatic heterocycles. The van der Waals surface area contributed by atoms with Crippen LogP contribution in [-0.4, -0.2) is 66.1 Å². The predicted octanol–water partition coefficient (Wildman–Crippen LogP) is 0.839. The molecule has 1 N–H and O–H groups in total. The lowest BCUT2D eigenvalue weighted by Gasteiger charge is -2.21. The summed E-state index contributed by atoms with van der Waals surface area (Å²) >= 11 is 0. The predicted molar refractivity (Wildman–Crippen MR) is 82.9 cm³/mol. The third-order valence-corrected chi connectivity index (χ3v) is 3.00. The van der Waals surface area contributed by atoms with E-state index in [1.807, 2.05) is 25.9 Å². The first-order valence-electron chi connectivity index (χ1n) is 7.07. The molecule has 0 radical (unpaired) electrons. The molecule has 0 atom stereocenters. The molecule has 0 spiro atoms. The zero-order valence-corrected chi connectivity index (χ0v) is 13.0. The van der Waals surface area contributed by atoms with Crippen molar-refractivity contribution in [1.82, 2.24) is 14.8 Å². The molecule has 1 aromatic heterocycles. The molecule has 0 bridgehead atoms. The Morgan fingerprint density at radius 1 is 1.33 bits per heavy atom. The normalized spacial score (nSPS) is 10.1. The number of aliphatic hydroxyl groups excluding tert-OH is 1. The van der Waals surface area contributed by atoms with Gasteiger partial charge in [-0.3, -0.25) is 9.78 Å². The third-order valence-electron chi connectivity index (χ3n) is 3.00. The number of hydrogen-bond acceptors (Lipinski definition) is 4. The quantitative estimate of drug-likeness (QED) is 0.789. The smallest absolute Gasteiger partial charge is 0.255 e. The van der Waals surface area contributed by atoms with Gasteiger partial charge >= 0.3 is 0 Å². The lowest BCUT2D eigenvalue weighted by atomic mass is 10.2. The highest BCUT2D eigenvalue weighted by molar-refractivity contribution is 5.94. The fourth-order valence-electron chi connectivity index (χ4n) is 1.93. The summed E-state index contributed by atoms with van der Waals surface area (Å²) in [6.07, 6.45) is 4.08. The van der Waals surface area contributed by atoms with E-state index in [1.54, 1.807) is 18.5 Å². The Morgan fingerprint density at radius 2 is 2.10 bits per heavy atom. The number of carbonyl (C=O) groups excluding carboxylic acids is 1. The van der Waals surface area contributed by atoms with Gasteiger partial charge in [0.1, 0.15) is 6.61 Å². The molecule has 21 heavy (non-hydrogen) atoms. The van der Waals surface area contributed by atoms with E-state index < -0.39 is 0 Å². The van der Waals surface area contributed by atoms with Crippen LogP contribution >= 0.6 is 0 Å². The third kappa shape index (κ3) is 5.94. The number of amides is 1. The molecule has 1 amide bonds. The molecule has 0 aliphatic rings. The van der Waals surface area contributed by atoms with Crippen LogP contribution < -0.4 is 0 Å². The molecular weight excluding hydrogens is 266 g/mol. The number of aromatic nitrogens is 1. The van der Waals surface area contributed by atoms with Crippen LogP contribution in [0.25, 0.3) is 0 Å². The van der Waals surface area contributed by atoms with Gasteiger partial charge in [-0.2, -0.15) is 0 Å². The van der Waals surface area contributed by atoms with Gasteiger partial charge in [0.05, 0.1) is 5.56 Å². The largest absolute Gasteiger partial charge is 0.384 e. The molecule has 0 aromatic carbocycles. The summed E-state index contributed by atoms with van der Waals surface area (Å²) in [5.41, 5.74) is 1.17. The van der Waals surface area contributed by atoms with Crippen LogP contribution in [-0.2, 0) is 0 Å². The molecule has 0 fully saturated rings. The highest BCUT2D eigenvalue weighted by Gasteiger charge is 2.14. The summed E-state index contributed by atoms with van der Waals surface area (Å²) in [7, 11) is 4.04. The van der Waals surface area contributed by atoms with E-state index in [1.165, 1.54) is 0 Å². The van der Waals surface area contributed by atoms with Crippen LogP contribution in [0.15, 0.2) is 18.5 Å². The zero-order chi connectivity index (χ0) is 15.7. The number of rotatable bonds is 6. The average molecular weight is 289 g/mol. The number of pyridine rings is 1. The SMILES string of the molecule is CCN(CCCN(C)C)C(=O)c1cncc(C#CCO)c1. The van der Waals surface area contributed by atoms with Crippen molar-refractivity contribution in [1.29, 1.82) is 0 Å². The van der Waals surface area contributed by atoms with Crippen molar-refractivity contribution in [3.63, 3.8) is 0 Å². The summed E-state index contributed by atoms with van der Waals surface area (Å²) in [5, 5.41) is 8.70. The summed E-state index contributed by atoms with van der Waals surface area (Å²) in [5.74, 6) is 5.29. The van der Waals surface area contributed by atoms with Crippen LogP contribution in [0, 0.1) is 11.8 Å². The molecule has 0 unspecified atom stereocenters. The molecule has 5 nitrogen and oxygen atoms in total. The van der Waals surface area contributed by atoms with Gasteiger partial charge in [-0.25, -0.2) is 0 Å². The number of aliphatic hydroxyl groups is 1. The second kappa shape index (κ2) is 9.11. The molecule has 114 valence electrons. The Bertz CT molecular complexity index is 518. The molecule has 0 aliphatic carbocycles. The lowest BCUT2D eigenvalue weighted by molar-refractivity contribution is 0.0759. The molecule has 1 heterocycles. The van der Waals surface area contributed by atoms with Crippen molar-refractivity contribution in [3.8, 4) is 11.8 Å². The van der Waals surface area contributed by atoms with Crippen LogP contribution in [0.2, 0.25) is 0 Å².